The molecule has 1 N–H and O–H groups in total. The van der Waals surface area contributed by atoms with Crippen molar-refractivity contribution in [3.8, 4) is 0 Å². The first-order valence-corrected chi connectivity index (χ1v) is 11.5. The highest BCUT2D eigenvalue weighted by molar-refractivity contribution is 7.10. The molecule has 1 aliphatic carbocycles. The Morgan fingerprint density at radius 3 is 2.55 bits per heavy atom. The smallest absolute Gasteiger partial charge is 0.336 e. The summed E-state index contributed by atoms with van der Waals surface area (Å²) in [5.74, 6) is -0.495. The fourth-order valence-electron chi connectivity index (χ4n) is 4.54. The number of benzene rings is 1. The Morgan fingerprint density at radius 2 is 1.94 bits per heavy atom. The van der Waals surface area contributed by atoms with Crippen molar-refractivity contribution in [1.82, 2.24) is 5.32 Å². The van der Waals surface area contributed by atoms with E-state index >= 15 is 0 Å². The average molecular weight is 437 g/mol. The molecule has 1 aliphatic heterocycles. The Morgan fingerprint density at radius 1 is 1.19 bits per heavy atom. The lowest BCUT2D eigenvalue weighted by Gasteiger charge is -2.36. The average Bonchev–Trinajstić information content (AvgIpc) is 3.27. The van der Waals surface area contributed by atoms with Gasteiger partial charge in [0.2, 0.25) is 0 Å². The van der Waals surface area contributed by atoms with Gasteiger partial charge >= 0.3 is 5.97 Å². The van der Waals surface area contributed by atoms with Crippen LogP contribution in [0.4, 0.5) is 5.69 Å². The van der Waals surface area contributed by atoms with Crippen LogP contribution in [-0.4, -0.2) is 32.5 Å². The van der Waals surface area contributed by atoms with Crippen LogP contribution >= 0.6 is 11.3 Å². The van der Waals surface area contributed by atoms with E-state index in [1.54, 1.807) is 18.3 Å². The molecule has 1 aromatic heterocycles. The van der Waals surface area contributed by atoms with Crippen LogP contribution in [0.2, 0.25) is 0 Å². The van der Waals surface area contributed by atoms with Crippen molar-refractivity contribution in [2.45, 2.75) is 38.5 Å². The number of rotatable bonds is 5. The summed E-state index contributed by atoms with van der Waals surface area (Å²) in [6.45, 7) is 4.00. The summed E-state index contributed by atoms with van der Waals surface area (Å²) < 4.78 is 5.35. The maximum Gasteiger partial charge on any atom is 0.336 e. The van der Waals surface area contributed by atoms with E-state index < -0.39 is 0 Å². The first kappa shape index (κ1) is 21.4. The van der Waals surface area contributed by atoms with Gasteiger partial charge in [0.25, 0.3) is 0 Å². The molecule has 31 heavy (non-hydrogen) atoms. The van der Waals surface area contributed by atoms with Gasteiger partial charge in [-0.15, -0.1) is 11.3 Å². The predicted molar refractivity (Wildman–Crippen MR) is 124 cm³/mol. The lowest BCUT2D eigenvalue weighted by molar-refractivity contribution is -0.138. The van der Waals surface area contributed by atoms with Gasteiger partial charge in [0.05, 0.1) is 18.1 Å². The van der Waals surface area contributed by atoms with Gasteiger partial charge in [-0.05, 0) is 55.3 Å². The number of Topliss-reactive ketones (excluding diaryl/α,β-unsaturated/α-hetero) is 1. The molecule has 1 aromatic carbocycles. The van der Waals surface area contributed by atoms with Crippen molar-refractivity contribution in [3.63, 3.8) is 0 Å². The quantitative estimate of drug-likeness (QED) is 0.686. The van der Waals surface area contributed by atoms with Crippen LogP contribution in [0.5, 0.6) is 0 Å². The largest absolute Gasteiger partial charge is 0.463 e. The number of ether oxygens (including phenoxy) is 1. The molecule has 0 bridgehead atoms. The molecule has 2 heterocycles. The molecule has 0 radical (unpaired) electrons. The van der Waals surface area contributed by atoms with E-state index in [0.29, 0.717) is 18.6 Å². The number of nitrogens with zero attached hydrogens (tertiary/aromatic N) is 1. The molecule has 0 saturated carbocycles. The van der Waals surface area contributed by atoms with Crippen molar-refractivity contribution in [1.29, 1.82) is 0 Å². The summed E-state index contributed by atoms with van der Waals surface area (Å²) in [4.78, 5) is 29.3. The van der Waals surface area contributed by atoms with Gasteiger partial charge in [0.1, 0.15) is 0 Å². The van der Waals surface area contributed by atoms with Crippen molar-refractivity contribution in [2.75, 3.05) is 25.6 Å². The third-order valence-corrected chi connectivity index (χ3v) is 6.97. The van der Waals surface area contributed by atoms with Gasteiger partial charge in [-0.2, -0.15) is 0 Å². The summed E-state index contributed by atoms with van der Waals surface area (Å²) in [6.07, 6.45) is 1.19. The lowest BCUT2D eigenvalue weighted by atomic mass is 9.73. The van der Waals surface area contributed by atoms with E-state index in [9.17, 15) is 9.59 Å². The molecule has 0 fully saturated rings. The summed E-state index contributed by atoms with van der Waals surface area (Å²) in [5.41, 5.74) is 5.27. The van der Waals surface area contributed by atoms with Gasteiger partial charge in [-0.25, -0.2) is 4.79 Å². The second-order valence-electron chi connectivity index (χ2n) is 8.24. The number of anilines is 1. The van der Waals surface area contributed by atoms with Gasteiger partial charge in [-0.1, -0.05) is 18.2 Å². The number of esters is 1. The zero-order valence-electron chi connectivity index (χ0n) is 18.4. The number of dihydropyridines is 1. The minimum atomic E-state index is -0.361. The van der Waals surface area contributed by atoms with E-state index in [1.165, 1.54) is 0 Å². The Labute approximate surface area is 187 Å². The third-order valence-electron chi connectivity index (χ3n) is 6.03. The standard InChI is InChI=1S/C25H28N2O3S/c1-5-30-25(29)22-15(2)26-19-13-17(16-8-10-18(11-9-16)27(3)4)14-20(28)23(19)24(22)21-7-6-12-31-21/h6-12,17,24,26H,5,13-14H2,1-4H3. The topological polar surface area (TPSA) is 58.6 Å². The molecule has 4 rings (SSSR count). The number of ketones is 1. The van der Waals surface area contributed by atoms with E-state index in [4.69, 9.17) is 4.74 Å². The van der Waals surface area contributed by atoms with Crippen LogP contribution in [0.15, 0.2) is 64.3 Å². The highest BCUT2D eigenvalue weighted by Crippen LogP contribution is 2.46. The van der Waals surface area contributed by atoms with Crippen molar-refractivity contribution in [3.05, 3.63) is 74.8 Å². The zero-order chi connectivity index (χ0) is 22.1. The van der Waals surface area contributed by atoms with E-state index in [2.05, 4.69) is 34.5 Å². The number of carbonyl (C=O) groups excluding carboxylic acids is 2. The van der Waals surface area contributed by atoms with E-state index in [-0.39, 0.29) is 23.6 Å². The summed E-state index contributed by atoms with van der Waals surface area (Å²) >= 11 is 1.57. The highest BCUT2D eigenvalue weighted by atomic mass is 32.1. The van der Waals surface area contributed by atoms with Crippen LogP contribution in [0.1, 0.15) is 49.0 Å². The van der Waals surface area contributed by atoms with Crippen LogP contribution in [-0.2, 0) is 14.3 Å². The van der Waals surface area contributed by atoms with Crippen molar-refractivity contribution >= 4 is 28.8 Å². The van der Waals surface area contributed by atoms with Gasteiger partial charge in [0, 0.05) is 48.0 Å². The number of hydrogen-bond donors (Lipinski definition) is 1. The normalized spacial score (nSPS) is 21.0. The number of hydrogen-bond acceptors (Lipinski definition) is 6. The second kappa shape index (κ2) is 8.71. The van der Waals surface area contributed by atoms with Crippen molar-refractivity contribution < 1.29 is 14.3 Å². The Bertz CT molecular complexity index is 1050. The van der Waals surface area contributed by atoms with Gasteiger partial charge in [-0.3, -0.25) is 4.79 Å². The molecule has 2 aromatic rings. The van der Waals surface area contributed by atoms with Crippen LogP contribution < -0.4 is 10.2 Å². The van der Waals surface area contributed by atoms with Crippen LogP contribution in [0, 0.1) is 0 Å². The fraction of sp³-hybridized carbons (Fsp3) is 0.360. The fourth-order valence-corrected chi connectivity index (χ4v) is 5.38. The molecule has 5 nitrogen and oxygen atoms in total. The third kappa shape index (κ3) is 4.04. The second-order valence-corrected chi connectivity index (χ2v) is 9.22. The molecule has 0 amide bonds. The molecule has 2 unspecified atom stereocenters. The number of thiophene rings is 1. The monoisotopic (exact) mass is 436 g/mol. The van der Waals surface area contributed by atoms with Gasteiger partial charge in [0.15, 0.2) is 5.78 Å². The molecule has 0 saturated heterocycles. The Kier molecular flexibility index (Phi) is 6.01. The minimum absolute atomic E-state index is 0.100. The maximum atomic E-state index is 13.4. The predicted octanol–water partition coefficient (Wildman–Crippen LogP) is 4.74. The minimum Gasteiger partial charge on any atom is -0.463 e. The van der Waals surface area contributed by atoms with E-state index in [0.717, 1.165) is 39.5 Å². The molecule has 162 valence electrons. The summed E-state index contributed by atoms with van der Waals surface area (Å²) in [6, 6.07) is 12.4. The van der Waals surface area contributed by atoms with E-state index in [1.807, 2.05) is 38.5 Å². The molecule has 6 heteroatoms. The number of allylic oxidation sites excluding steroid dienone is 3. The molecule has 2 aliphatic rings. The van der Waals surface area contributed by atoms with Crippen LogP contribution in [0.3, 0.4) is 0 Å². The first-order chi connectivity index (χ1) is 14.9. The highest BCUT2D eigenvalue weighted by Gasteiger charge is 2.41. The summed E-state index contributed by atoms with van der Waals surface area (Å²) in [7, 11) is 4.03. The molecule has 0 spiro atoms. The first-order valence-electron chi connectivity index (χ1n) is 10.6. The number of carbonyl (C=O) groups is 2. The maximum absolute atomic E-state index is 13.4. The Balaban J connectivity index is 1.71. The zero-order valence-corrected chi connectivity index (χ0v) is 19.2. The summed E-state index contributed by atoms with van der Waals surface area (Å²) in [5, 5.41) is 5.38. The van der Waals surface area contributed by atoms with Crippen LogP contribution in [0.25, 0.3) is 0 Å². The Hall–Kier alpha value is -2.86. The lowest BCUT2D eigenvalue weighted by Crippen LogP contribution is -2.35. The molecule has 2 atom stereocenters. The molecular weight excluding hydrogens is 408 g/mol. The molecular formula is C25H28N2O3S. The number of nitrogens with one attached hydrogen (secondary N) is 1. The van der Waals surface area contributed by atoms with Crippen molar-refractivity contribution in [2.24, 2.45) is 0 Å². The SMILES string of the molecule is CCOC(=O)C1=C(C)NC2=C(C(=O)CC(c3ccc(N(C)C)cc3)C2)C1c1cccs1. The van der Waals surface area contributed by atoms with Gasteiger partial charge < -0.3 is 15.0 Å².